The maximum Gasteiger partial charge on any atom is 0.193 e. The summed E-state index contributed by atoms with van der Waals surface area (Å²) in [6.07, 6.45) is 5.10. The Hall–Kier alpha value is -1.65. The number of hydrogen-bond acceptors (Lipinski definition) is 3. The van der Waals surface area contributed by atoms with Crippen molar-refractivity contribution in [3.05, 3.63) is 58.4 Å². The van der Waals surface area contributed by atoms with E-state index >= 15 is 0 Å². The number of nitrogens with one attached hydrogen (secondary N) is 1. The maximum absolute atomic E-state index is 4.68. The molecule has 0 aliphatic carbocycles. The van der Waals surface area contributed by atoms with Gasteiger partial charge in [0.2, 0.25) is 0 Å². The van der Waals surface area contributed by atoms with Crippen molar-refractivity contribution in [1.82, 2.24) is 14.7 Å². The van der Waals surface area contributed by atoms with Gasteiger partial charge in [-0.25, -0.2) is 4.98 Å². The van der Waals surface area contributed by atoms with Crippen LogP contribution >= 0.6 is 11.3 Å². The summed E-state index contributed by atoms with van der Waals surface area (Å²) in [7, 11) is 2.02. The highest BCUT2D eigenvalue weighted by Crippen LogP contribution is 2.24. The van der Waals surface area contributed by atoms with Crippen LogP contribution in [0.25, 0.3) is 4.96 Å². The van der Waals surface area contributed by atoms with E-state index in [0.29, 0.717) is 6.04 Å². The molecule has 0 aliphatic rings. The first kappa shape index (κ1) is 13.3. The third kappa shape index (κ3) is 2.37. The Kier molecular flexibility index (Phi) is 3.59. The van der Waals surface area contributed by atoms with Gasteiger partial charge in [0, 0.05) is 30.2 Å². The zero-order chi connectivity index (χ0) is 14.1. The first-order valence-electron chi connectivity index (χ1n) is 6.83. The number of likely N-dealkylation sites (N-methyl/N-ethyl adjacent to an activating group) is 1. The average Bonchev–Trinajstić information content (AvgIpc) is 3.00. The van der Waals surface area contributed by atoms with Crippen LogP contribution in [0.1, 0.15) is 28.4 Å². The van der Waals surface area contributed by atoms with Gasteiger partial charge in [0.15, 0.2) is 4.96 Å². The van der Waals surface area contributed by atoms with Crippen molar-refractivity contribution in [3.63, 3.8) is 0 Å². The Morgan fingerprint density at radius 3 is 2.95 bits per heavy atom. The number of nitrogens with zero attached hydrogens (tertiary/aromatic N) is 2. The first-order valence-corrected chi connectivity index (χ1v) is 7.71. The van der Waals surface area contributed by atoms with Crippen molar-refractivity contribution in [2.24, 2.45) is 0 Å². The lowest BCUT2D eigenvalue weighted by Crippen LogP contribution is -2.20. The molecule has 0 saturated carbocycles. The molecule has 0 bridgehead atoms. The van der Waals surface area contributed by atoms with Crippen LogP contribution in [0.15, 0.2) is 36.0 Å². The van der Waals surface area contributed by atoms with Crippen molar-refractivity contribution in [1.29, 1.82) is 0 Å². The molecule has 1 atom stereocenters. The summed E-state index contributed by atoms with van der Waals surface area (Å²) in [5, 5.41) is 5.49. The van der Waals surface area contributed by atoms with Crippen molar-refractivity contribution in [2.45, 2.75) is 26.3 Å². The van der Waals surface area contributed by atoms with Gasteiger partial charge in [-0.15, -0.1) is 11.3 Å². The molecule has 1 N–H and O–H groups in total. The molecule has 0 radical (unpaired) electrons. The molecule has 3 rings (SSSR count). The van der Waals surface area contributed by atoms with Crippen LogP contribution in [0, 0.1) is 13.8 Å². The molecule has 0 amide bonds. The second kappa shape index (κ2) is 5.38. The van der Waals surface area contributed by atoms with E-state index in [0.717, 1.165) is 17.1 Å². The van der Waals surface area contributed by atoms with Crippen LogP contribution in [0.5, 0.6) is 0 Å². The second-order valence-corrected chi connectivity index (χ2v) is 6.03. The molecule has 2 heterocycles. The number of imidazole rings is 1. The smallest absolute Gasteiger partial charge is 0.193 e. The van der Waals surface area contributed by atoms with Gasteiger partial charge in [0.25, 0.3) is 0 Å². The molecule has 1 unspecified atom stereocenters. The summed E-state index contributed by atoms with van der Waals surface area (Å²) in [5.74, 6) is 0. The highest BCUT2D eigenvalue weighted by molar-refractivity contribution is 7.15. The lowest BCUT2D eigenvalue weighted by atomic mass is 9.95. The van der Waals surface area contributed by atoms with Crippen LogP contribution in [-0.2, 0) is 6.42 Å². The Morgan fingerprint density at radius 2 is 2.20 bits per heavy atom. The highest BCUT2D eigenvalue weighted by atomic mass is 32.1. The fourth-order valence-corrected chi connectivity index (χ4v) is 3.32. The minimum atomic E-state index is 0.305. The SMILES string of the molecule is CNC(Cc1cn2ccsc2n1)c1cccc(C)c1C. The number of fused-ring (bicyclic) bond motifs is 1. The van der Waals surface area contributed by atoms with E-state index < -0.39 is 0 Å². The molecule has 0 fully saturated rings. The van der Waals surface area contributed by atoms with Gasteiger partial charge in [-0.05, 0) is 37.6 Å². The highest BCUT2D eigenvalue weighted by Gasteiger charge is 2.15. The largest absolute Gasteiger partial charge is 0.313 e. The summed E-state index contributed by atoms with van der Waals surface area (Å²) in [5.41, 5.74) is 5.21. The number of aryl methyl sites for hydroxylation is 1. The van der Waals surface area contributed by atoms with E-state index in [2.05, 4.69) is 64.5 Å². The maximum atomic E-state index is 4.68. The molecule has 4 heteroatoms. The predicted molar refractivity (Wildman–Crippen MR) is 84.5 cm³/mol. The predicted octanol–water partition coefficient (Wildman–Crippen LogP) is 3.52. The number of aromatic nitrogens is 2. The number of hydrogen-bond donors (Lipinski definition) is 1. The fourth-order valence-electron chi connectivity index (χ4n) is 2.60. The third-order valence-electron chi connectivity index (χ3n) is 3.93. The van der Waals surface area contributed by atoms with E-state index in [1.54, 1.807) is 11.3 Å². The lowest BCUT2D eigenvalue weighted by molar-refractivity contribution is 0.582. The lowest BCUT2D eigenvalue weighted by Gasteiger charge is -2.19. The van der Waals surface area contributed by atoms with Crippen LogP contribution in [0.4, 0.5) is 0 Å². The molecule has 0 saturated heterocycles. The molecule has 0 aliphatic heterocycles. The van der Waals surface area contributed by atoms with Gasteiger partial charge in [0.1, 0.15) is 0 Å². The molecule has 20 heavy (non-hydrogen) atoms. The summed E-state index contributed by atoms with van der Waals surface area (Å²) >= 11 is 1.68. The van der Waals surface area contributed by atoms with Crippen molar-refractivity contribution < 1.29 is 0 Å². The van der Waals surface area contributed by atoms with Crippen molar-refractivity contribution in [2.75, 3.05) is 7.05 Å². The van der Waals surface area contributed by atoms with Crippen LogP contribution in [0.3, 0.4) is 0 Å². The number of thiazole rings is 1. The number of rotatable bonds is 4. The van der Waals surface area contributed by atoms with Gasteiger partial charge < -0.3 is 5.32 Å². The van der Waals surface area contributed by atoms with Crippen molar-refractivity contribution >= 4 is 16.3 Å². The third-order valence-corrected chi connectivity index (χ3v) is 4.70. The molecule has 3 nitrogen and oxygen atoms in total. The topological polar surface area (TPSA) is 29.3 Å². The Morgan fingerprint density at radius 1 is 1.35 bits per heavy atom. The standard InChI is InChI=1S/C16H19N3S/c1-11-5-4-6-14(12(11)2)15(17-3)9-13-10-19-7-8-20-16(19)18-13/h4-8,10,15,17H,9H2,1-3H3. The van der Waals surface area contributed by atoms with E-state index in [4.69, 9.17) is 0 Å². The minimum absolute atomic E-state index is 0.305. The second-order valence-electron chi connectivity index (χ2n) is 5.16. The molecule has 1 aromatic carbocycles. The van der Waals surface area contributed by atoms with Crippen molar-refractivity contribution in [3.8, 4) is 0 Å². The van der Waals surface area contributed by atoms with E-state index in [-0.39, 0.29) is 0 Å². The van der Waals surface area contributed by atoms with E-state index in [1.807, 2.05) is 7.05 Å². The fraction of sp³-hybridized carbons (Fsp3) is 0.312. The van der Waals surface area contributed by atoms with E-state index in [1.165, 1.54) is 16.7 Å². The Labute approximate surface area is 123 Å². The van der Waals surface area contributed by atoms with Gasteiger partial charge in [-0.1, -0.05) is 18.2 Å². The zero-order valence-corrected chi connectivity index (χ0v) is 12.9. The van der Waals surface area contributed by atoms with Crippen LogP contribution < -0.4 is 5.32 Å². The van der Waals surface area contributed by atoms with Gasteiger partial charge >= 0.3 is 0 Å². The average molecular weight is 285 g/mol. The summed E-state index contributed by atoms with van der Waals surface area (Å²) in [6.45, 7) is 4.36. The van der Waals surface area contributed by atoms with Crippen LogP contribution in [-0.4, -0.2) is 16.4 Å². The van der Waals surface area contributed by atoms with Crippen LogP contribution in [0.2, 0.25) is 0 Å². The Bertz CT molecular complexity index is 698. The van der Waals surface area contributed by atoms with Gasteiger partial charge in [-0.3, -0.25) is 4.40 Å². The first-order chi connectivity index (χ1) is 9.69. The Balaban J connectivity index is 1.90. The molecule has 0 spiro atoms. The molecular weight excluding hydrogens is 266 g/mol. The minimum Gasteiger partial charge on any atom is -0.313 e. The molecular formula is C16H19N3S. The quantitative estimate of drug-likeness (QED) is 0.795. The van der Waals surface area contributed by atoms with Gasteiger partial charge in [0.05, 0.1) is 5.69 Å². The molecule has 104 valence electrons. The van der Waals surface area contributed by atoms with E-state index in [9.17, 15) is 0 Å². The molecule has 3 aromatic rings. The number of benzene rings is 1. The normalized spacial score (nSPS) is 12.9. The zero-order valence-electron chi connectivity index (χ0n) is 12.1. The van der Waals surface area contributed by atoms with Gasteiger partial charge in [-0.2, -0.15) is 0 Å². The summed E-state index contributed by atoms with van der Waals surface area (Å²) in [6, 6.07) is 6.81. The molecule has 2 aromatic heterocycles. The summed E-state index contributed by atoms with van der Waals surface area (Å²) in [4.78, 5) is 5.75. The monoisotopic (exact) mass is 285 g/mol. The summed E-state index contributed by atoms with van der Waals surface area (Å²) < 4.78 is 2.09.